The fourth-order valence-electron chi connectivity index (χ4n) is 3.80. The maximum absolute atomic E-state index is 12.7. The summed E-state index contributed by atoms with van der Waals surface area (Å²) < 4.78 is 2.08. The first-order valence-electron chi connectivity index (χ1n) is 8.16. The van der Waals surface area contributed by atoms with Gasteiger partial charge >= 0.3 is 6.03 Å². The molecule has 0 N–H and O–H groups in total. The van der Waals surface area contributed by atoms with Crippen molar-refractivity contribution in [1.29, 1.82) is 0 Å². The molecule has 2 amide bonds. The van der Waals surface area contributed by atoms with E-state index in [1.165, 1.54) is 25.7 Å². The molecule has 1 saturated heterocycles. The molecule has 1 atom stereocenters. The van der Waals surface area contributed by atoms with Gasteiger partial charge in [-0.25, -0.2) is 9.78 Å². The molecule has 21 heavy (non-hydrogen) atoms. The minimum atomic E-state index is 0.209. The molecule has 2 heterocycles. The summed E-state index contributed by atoms with van der Waals surface area (Å²) in [6.45, 7) is 1.69. The number of likely N-dealkylation sites (tertiary alicyclic amines) is 1. The van der Waals surface area contributed by atoms with Gasteiger partial charge in [-0.05, 0) is 25.7 Å². The number of carbonyl (C=O) groups is 1. The Morgan fingerprint density at radius 2 is 2.05 bits per heavy atom. The summed E-state index contributed by atoms with van der Waals surface area (Å²) in [4.78, 5) is 21.2. The Balaban J connectivity index is 1.65. The zero-order valence-corrected chi connectivity index (χ0v) is 13.2. The summed E-state index contributed by atoms with van der Waals surface area (Å²) in [5, 5.41) is 0. The first-order valence-corrected chi connectivity index (χ1v) is 8.16. The van der Waals surface area contributed by atoms with Crippen LogP contribution in [0.25, 0.3) is 0 Å². The maximum atomic E-state index is 12.7. The van der Waals surface area contributed by atoms with E-state index in [1.54, 1.807) is 0 Å². The van der Waals surface area contributed by atoms with Crippen molar-refractivity contribution in [3.63, 3.8) is 0 Å². The van der Waals surface area contributed by atoms with Gasteiger partial charge in [0, 0.05) is 51.5 Å². The zero-order chi connectivity index (χ0) is 14.8. The average molecular weight is 290 g/mol. The molecule has 5 heteroatoms. The van der Waals surface area contributed by atoms with Crippen molar-refractivity contribution in [1.82, 2.24) is 19.4 Å². The van der Waals surface area contributed by atoms with Crippen LogP contribution in [0.4, 0.5) is 4.79 Å². The van der Waals surface area contributed by atoms with E-state index in [0.29, 0.717) is 12.0 Å². The van der Waals surface area contributed by atoms with E-state index >= 15 is 0 Å². The van der Waals surface area contributed by atoms with Crippen LogP contribution in [0.15, 0.2) is 12.4 Å². The Bertz CT molecular complexity index is 492. The lowest BCUT2D eigenvalue weighted by Crippen LogP contribution is -2.48. The second kappa shape index (κ2) is 6.08. The third-order valence-corrected chi connectivity index (χ3v) is 5.09. The first-order chi connectivity index (χ1) is 10.2. The van der Waals surface area contributed by atoms with Crippen LogP contribution < -0.4 is 0 Å². The van der Waals surface area contributed by atoms with Crippen LogP contribution >= 0.6 is 0 Å². The topological polar surface area (TPSA) is 41.4 Å². The number of imidazole rings is 1. The molecule has 0 aromatic carbocycles. The Kier molecular flexibility index (Phi) is 4.17. The highest BCUT2D eigenvalue weighted by Gasteiger charge is 2.31. The lowest BCUT2D eigenvalue weighted by Gasteiger charge is -2.37. The summed E-state index contributed by atoms with van der Waals surface area (Å²) >= 11 is 0. The molecule has 1 saturated carbocycles. The maximum Gasteiger partial charge on any atom is 0.320 e. The molecule has 1 unspecified atom stereocenters. The van der Waals surface area contributed by atoms with Crippen molar-refractivity contribution in [2.24, 2.45) is 7.05 Å². The third-order valence-electron chi connectivity index (χ3n) is 5.09. The fraction of sp³-hybridized carbons (Fsp3) is 0.750. The molecule has 1 aliphatic heterocycles. The normalized spacial score (nSPS) is 23.5. The van der Waals surface area contributed by atoms with Gasteiger partial charge in [-0.15, -0.1) is 0 Å². The van der Waals surface area contributed by atoms with Crippen molar-refractivity contribution in [3.05, 3.63) is 18.2 Å². The number of rotatable bonds is 2. The molecule has 3 rings (SSSR count). The number of amides is 2. The van der Waals surface area contributed by atoms with Crippen molar-refractivity contribution in [2.45, 2.75) is 50.5 Å². The van der Waals surface area contributed by atoms with Crippen LogP contribution in [-0.4, -0.2) is 51.6 Å². The number of nitrogens with zero attached hydrogens (tertiary/aromatic N) is 4. The second-order valence-corrected chi connectivity index (χ2v) is 6.51. The van der Waals surface area contributed by atoms with Gasteiger partial charge in [0.25, 0.3) is 0 Å². The summed E-state index contributed by atoms with van der Waals surface area (Å²) in [5.74, 6) is 1.48. The van der Waals surface area contributed by atoms with Crippen LogP contribution in [0.2, 0.25) is 0 Å². The van der Waals surface area contributed by atoms with Crippen molar-refractivity contribution in [2.75, 3.05) is 20.1 Å². The van der Waals surface area contributed by atoms with Crippen LogP contribution in [0.5, 0.6) is 0 Å². The smallest absolute Gasteiger partial charge is 0.320 e. The second-order valence-electron chi connectivity index (χ2n) is 6.51. The number of aryl methyl sites for hydroxylation is 1. The van der Waals surface area contributed by atoms with E-state index in [9.17, 15) is 4.79 Å². The number of piperidine rings is 1. The van der Waals surface area contributed by atoms with Crippen LogP contribution in [0, 0.1) is 0 Å². The van der Waals surface area contributed by atoms with Crippen molar-refractivity contribution >= 4 is 6.03 Å². The lowest BCUT2D eigenvalue weighted by molar-refractivity contribution is 0.132. The highest BCUT2D eigenvalue weighted by molar-refractivity contribution is 5.74. The van der Waals surface area contributed by atoms with Gasteiger partial charge in [0.05, 0.1) is 0 Å². The van der Waals surface area contributed by atoms with Gasteiger partial charge in [0.1, 0.15) is 5.82 Å². The molecule has 0 spiro atoms. The minimum Gasteiger partial charge on any atom is -0.338 e. The summed E-state index contributed by atoms with van der Waals surface area (Å²) in [6, 6.07) is 0.659. The van der Waals surface area contributed by atoms with Crippen LogP contribution in [0.3, 0.4) is 0 Å². The molecule has 5 nitrogen and oxygen atoms in total. The Labute approximate surface area is 126 Å². The molecule has 0 radical (unpaired) electrons. The van der Waals surface area contributed by atoms with Crippen molar-refractivity contribution < 1.29 is 4.79 Å². The SMILES string of the molecule is CN(C(=O)N1CCCC(c2nccn2C)C1)C1CCCC1. The summed E-state index contributed by atoms with van der Waals surface area (Å²) in [7, 11) is 4.01. The monoisotopic (exact) mass is 290 g/mol. The Morgan fingerprint density at radius 1 is 1.29 bits per heavy atom. The largest absolute Gasteiger partial charge is 0.338 e. The molecule has 1 aromatic heterocycles. The van der Waals surface area contributed by atoms with E-state index in [4.69, 9.17) is 0 Å². The van der Waals surface area contributed by atoms with Gasteiger partial charge in [-0.2, -0.15) is 0 Å². The number of hydrogen-bond donors (Lipinski definition) is 0. The highest BCUT2D eigenvalue weighted by atomic mass is 16.2. The molecule has 1 aliphatic carbocycles. The van der Waals surface area contributed by atoms with Crippen LogP contribution in [0.1, 0.15) is 50.3 Å². The first kappa shape index (κ1) is 14.4. The van der Waals surface area contributed by atoms with Crippen molar-refractivity contribution in [3.8, 4) is 0 Å². The lowest BCUT2D eigenvalue weighted by atomic mass is 9.97. The average Bonchev–Trinajstić information content (AvgIpc) is 3.17. The van der Waals surface area contributed by atoms with Gasteiger partial charge in [-0.1, -0.05) is 12.8 Å². The molecule has 1 aromatic rings. The zero-order valence-electron chi connectivity index (χ0n) is 13.2. The van der Waals surface area contributed by atoms with Crippen LogP contribution in [-0.2, 0) is 7.05 Å². The standard InChI is InChI=1S/C16H26N4O/c1-18-11-9-17-15(18)13-6-5-10-20(12-13)16(21)19(2)14-7-3-4-8-14/h9,11,13-14H,3-8,10,12H2,1-2H3. The molecule has 2 fully saturated rings. The molecule has 0 bridgehead atoms. The van der Waals surface area contributed by atoms with Gasteiger partial charge < -0.3 is 14.4 Å². The summed E-state index contributed by atoms with van der Waals surface area (Å²) in [5.41, 5.74) is 0. The van der Waals surface area contributed by atoms with E-state index < -0.39 is 0 Å². The van der Waals surface area contributed by atoms with E-state index in [0.717, 1.165) is 31.8 Å². The van der Waals surface area contributed by atoms with E-state index in [2.05, 4.69) is 9.55 Å². The van der Waals surface area contributed by atoms with E-state index in [-0.39, 0.29) is 6.03 Å². The van der Waals surface area contributed by atoms with E-state index in [1.807, 2.05) is 36.3 Å². The van der Waals surface area contributed by atoms with Gasteiger partial charge in [0.2, 0.25) is 0 Å². The Morgan fingerprint density at radius 3 is 2.71 bits per heavy atom. The predicted molar refractivity (Wildman–Crippen MR) is 82.2 cm³/mol. The summed E-state index contributed by atoms with van der Waals surface area (Å²) in [6.07, 6.45) is 10.9. The number of aromatic nitrogens is 2. The molecular formula is C16H26N4O. The number of carbonyl (C=O) groups excluding carboxylic acids is 1. The fourth-order valence-corrected chi connectivity index (χ4v) is 3.80. The quantitative estimate of drug-likeness (QED) is 0.840. The number of hydrogen-bond acceptors (Lipinski definition) is 2. The predicted octanol–water partition coefficient (Wildman–Crippen LogP) is 2.59. The van der Waals surface area contributed by atoms with Gasteiger partial charge in [-0.3, -0.25) is 0 Å². The highest BCUT2D eigenvalue weighted by Crippen LogP contribution is 2.28. The molecule has 116 valence electrons. The third kappa shape index (κ3) is 2.92. The van der Waals surface area contributed by atoms with Gasteiger partial charge in [0.15, 0.2) is 0 Å². The number of urea groups is 1. The molecule has 2 aliphatic rings. The minimum absolute atomic E-state index is 0.209. The molecular weight excluding hydrogens is 264 g/mol. The Hall–Kier alpha value is -1.52.